The van der Waals surface area contributed by atoms with E-state index in [1.807, 2.05) is 6.07 Å². The van der Waals surface area contributed by atoms with Gasteiger partial charge in [0.15, 0.2) is 5.76 Å². The molecule has 1 heterocycles. The number of rotatable bonds is 5. The highest BCUT2D eigenvalue weighted by atomic mass is 35.5. The molecule has 0 aliphatic heterocycles. The summed E-state index contributed by atoms with van der Waals surface area (Å²) in [6.07, 6.45) is 2.09. The maximum Gasteiger partial charge on any atom is 0.153 e. The molecule has 1 aromatic heterocycles. The largest absolute Gasteiger partial charge is 0.492 e. The first-order valence-electron chi connectivity index (χ1n) is 5.69. The summed E-state index contributed by atoms with van der Waals surface area (Å²) in [5.74, 6) is 1.06. The lowest BCUT2D eigenvalue weighted by molar-refractivity contribution is 0.279. The lowest BCUT2D eigenvalue weighted by atomic mass is 10.2. The fraction of sp³-hybridized carbons (Fsp3) is 0.231. The minimum Gasteiger partial charge on any atom is -0.492 e. The molecule has 2 rings (SSSR count). The van der Waals surface area contributed by atoms with Gasteiger partial charge in [0.25, 0.3) is 0 Å². The van der Waals surface area contributed by atoms with Crippen molar-refractivity contribution in [3.8, 4) is 11.8 Å². The van der Waals surface area contributed by atoms with Crippen molar-refractivity contribution in [3.05, 3.63) is 46.8 Å². The van der Waals surface area contributed by atoms with Gasteiger partial charge in [-0.3, -0.25) is 0 Å². The van der Waals surface area contributed by atoms with Crippen LogP contribution in [0, 0.1) is 11.3 Å². The number of ether oxygens (including phenoxy) is 1. The third-order valence-corrected chi connectivity index (χ3v) is 2.81. The highest BCUT2D eigenvalue weighted by molar-refractivity contribution is 6.30. The van der Waals surface area contributed by atoms with Gasteiger partial charge in [-0.2, -0.15) is 5.26 Å². The molecule has 0 fully saturated rings. The van der Waals surface area contributed by atoms with E-state index >= 15 is 0 Å². The summed E-state index contributed by atoms with van der Waals surface area (Å²) in [6, 6.07) is 8.35. The maximum atomic E-state index is 8.95. The molecule has 98 valence electrons. The predicted octanol–water partition coefficient (Wildman–Crippen LogP) is 2.67. The van der Waals surface area contributed by atoms with Crippen LogP contribution >= 0.6 is 11.6 Å². The van der Waals surface area contributed by atoms with Crippen LogP contribution in [0.5, 0.6) is 5.75 Å². The number of aromatic nitrogens is 1. The van der Waals surface area contributed by atoms with E-state index in [2.05, 4.69) is 5.16 Å². The van der Waals surface area contributed by atoms with Crippen molar-refractivity contribution in [1.29, 1.82) is 5.26 Å². The molecule has 0 saturated carbocycles. The van der Waals surface area contributed by atoms with E-state index in [4.69, 9.17) is 31.9 Å². The smallest absolute Gasteiger partial charge is 0.153 e. The Labute approximate surface area is 115 Å². The highest BCUT2D eigenvalue weighted by Gasteiger charge is 2.11. The molecule has 2 aromatic rings. The number of hydrogen-bond donors (Lipinski definition) is 1. The summed E-state index contributed by atoms with van der Waals surface area (Å²) in [7, 11) is 0. The van der Waals surface area contributed by atoms with E-state index < -0.39 is 0 Å². The van der Waals surface area contributed by atoms with Gasteiger partial charge in [-0.25, -0.2) is 0 Å². The van der Waals surface area contributed by atoms with Gasteiger partial charge in [0.2, 0.25) is 0 Å². The van der Waals surface area contributed by atoms with E-state index in [1.54, 1.807) is 30.5 Å². The fourth-order valence-corrected chi connectivity index (χ4v) is 1.73. The molecule has 1 aromatic carbocycles. The van der Waals surface area contributed by atoms with Gasteiger partial charge in [0, 0.05) is 23.6 Å². The first-order valence-corrected chi connectivity index (χ1v) is 6.07. The van der Waals surface area contributed by atoms with Crippen molar-refractivity contribution in [2.75, 3.05) is 6.61 Å². The van der Waals surface area contributed by atoms with Gasteiger partial charge in [-0.1, -0.05) is 16.8 Å². The molecular formula is C13H12ClN3O2. The first-order chi connectivity index (χ1) is 9.20. The summed E-state index contributed by atoms with van der Waals surface area (Å²) in [5.41, 5.74) is 6.34. The van der Waals surface area contributed by atoms with Crippen molar-refractivity contribution in [1.82, 2.24) is 5.16 Å². The minimum atomic E-state index is -0.285. The molecule has 0 aliphatic rings. The Kier molecular flexibility index (Phi) is 4.39. The average molecular weight is 278 g/mol. The van der Waals surface area contributed by atoms with Crippen LogP contribution in [0.1, 0.15) is 23.8 Å². The van der Waals surface area contributed by atoms with E-state index in [9.17, 15) is 0 Å². The van der Waals surface area contributed by atoms with Crippen LogP contribution < -0.4 is 10.5 Å². The number of nitrogens with two attached hydrogens (primary N) is 1. The van der Waals surface area contributed by atoms with Gasteiger partial charge in [0.1, 0.15) is 11.8 Å². The standard InChI is InChI=1S/C13H12ClN3O2/c14-10-2-1-9(8-15)13(7-10)18-6-4-11(16)12-3-5-17-19-12/h1-3,5,7,11H,4,6,16H2. The number of benzene rings is 1. The second kappa shape index (κ2) is 6.23. The first kappa shape index (κ1) is 13.4. The molecule has 0 saturated heterocycles. The molecule has 0 amide bonds. The number of hydrogen-bond acceptors (Lipinski definition) is 5. The molecule has 1 atom stereocenters. The normalized spacial score (nSPS) is 11.8. The molecule has 0 radical (unpaired) electrons. The Morgan fingerprint density at radius 1 is 1.47 bits per heavy atom. The van der Waals surface area contributed by atoms with Crippen molar-refractivity contribution in [2.24, 2.45) is 5.73 Å². The summed E-state index contributed by atoms with van der Waals surface area (Å²) < 4.78 is 10.5. The zero-order valence-electron chi connectivity index (χ0n) is 10.0. The number of nitrogens with zero attached hydrogens (tertiary/aromatic N) is 2. The van der Waals surface area contributed by atoms with Crippen molar-refractivity contribution >= 4 is 11.6 Å². The molecule has 6 heteroatoms. The highest BCUT2D eigenvalue weighted by Crippen LogP contribution is 2.23. The Balaban J connectivity index is 1.93. The van der Waals surface area contributed by atoms with Gasteiger partial charge in [0.05, 0.1) is 24.4 Å². The molecule has 2 N–H and O–H groups in total. The van der Waals surface area contributed by atoms with Gasteiger partial charge in [-0.15, -0.1) is 0 Å². The lowest BCUT2D eigenvalue weighted by Crippen LogP contribution is -2.13. The van der Waals surface area contributed by atoms with E-state index in [1.165, 1.54) is 0 Å². The van der Waals surface area contributed by atoms with Crippen molar-refractivity contribution < 1.29 is 9.26 Å². The quantitative estimate of drug-likeness (QED) is 0.908. The molecule has 0 aliphatic carbocycles. The zero-order valence-corrected chi connectivity index (χ0v) is 10.8. The van der Waals surface area contributed by atoms with E-state index in [0.29, 0.717) is 35.1 Å². The second-order valence-electron chi connectivity index (χ2n) is 3.91. The summed E-state index contributed by atoms with van der Waals surface area (Å²) >= 11 is 5.86. The van der Waals surface area contributed by atoms with E-state index in [0.717, 1.165) is 0 Å². The minimum absolute atomic E-state index is 0.285. The lowest BCUT2D eigenvalue weighted by Gasteiger charge is -2.11. The molecule has 0 bridgehead atoms. The third-order valence-electron chi connectivity index (χ3n) is 2.57. The number of halogens is 1. The Morgan fingerprint density at radius 3 is 3.00 bits per heavy atom. The van der Waals surface area contributed by atoms with Crippen LogP contribution in [0.4, 0.5) is 0 Å². The molecular weight excluding hydrogens is 266 g/mol. The molecule has 19 heavy (non-hydrogen) atoms. The SMILES string of the molecule is N#Cc1ccc(Cl)cc1OCCC(N)c1ccno1. The van der Waals surface area contributed by atoms with Crippen molar-refractivity contribution in [3.63, 3.8) is 0 Å². The number of nitriles is 1. The molecule has 0 spiro atoms. The summed E-state index contributed by atoms with van der Waals surface area (Å²) in [4.78, 5) is 0. The van der Waals surface area contributed by atoms with Crippen LogP contribution in [0.3, 0.4) is 0 Å². The Morgan fingerprint density at radius 2 is 2.32 bits per heavy atom. The molecule has 5 nitrogen and oxygen atoms in total. The van der Waals surface area contributed by atoms with E-state index in [-0.39, 0.29) is 6.04 Å². The van der Waals surface area contributed by atoms with Crippen LogP contribution in [0.15, 0.2) is 35.0 Å². The van der Waals surface area contributed by atoms with Gasteiger partial charge in [-0.05, 0) is 12.1 Å². The average Bonchev–Trinajstić information content (AvgIpc) is 2.93. The van der Waals surface area contributed by atoms with Crippen LogP contribution in [0.25, 0.3) is 0 Å². The Hall–Kier alpha value is -2.03. The Bertz CT molecular complexity index is 578. The van der Waals surface area contributed by atoms with Gasteiger partial charge < -0.3 is 15.0 Å². The summed E-state index contributed by atoms with van der Waals surface area (Å²) in [6.45, 7) is 0.358. The maximum absolute atomic E-state index is 8.95. The van der Waals surface area contributed by atoms with Crippen LogP contribution in [-0.2, 0) is 0 Å². The van der Waals surface area contributed by atoms with Crippen LogP contribution in [0.2, 0.25) is 5.02 Å². The van der Waals surface area contributed by atoms with Gasteiger partial charge >= 0.3 is 0 Å². The fourth-order valence-electron chi connectivity index (χ4n) is 1.56. The topological polar surface area (TPSA) is 85.1 Å². The van der Waals surface area contributed by atoms with Crippen LogP contribution in [-0.4, -0.2) is 11.8 Å². The monoisotopic (exact) mass is 277 g/mol. The molecule has 1 unspecified atom stereocenters. The third kappa shape index (κ3) is 3.47. The van der Waals surface area contributed by atoms with Crippen molar-refractivity contribution in [2.45, 2.75) is 12.5 Å². The predicted molar refractivity (Wildman–Crippen MR) is 69.7 cm³/mol. The zero-order chi connectivity index (χ0) is 13.7. The second-order valence-corrected chi connectivity index (χ2v) is 4.35. The summed E-state index contributed by atoms with van der Waals surface area (Å²) in [5, 5.41) is 13.1.